The molecule has 50 heavy (non-hydrogen) atoms. The van der Waals surface area contributed by atoms with Crippen molar-refractivity contribution in [3.05, 3.63) is 54.1 Å². The molecular weight excluding hydrogens is 662 g/mol. The number of H-pyrrole nitrogens is 1. The van der Waals surface area contributed by atoms with E-state index in [-0.39, 0.29) is 48.7 Å². The molecule has 0 aliphatic carbocycles. The van der Waals surface area contributed by atoms with E-state index in [9.17, 15) is 27.9 Å². The Morgan fingerprint density at radius 1 is 1.04 bits per heavy atom. The summed E-state index contributed by atoms with van der Waals surface area (Å²) in [6, 6.07) is 11.9. The normalized spacial score (nSPS) is 15.9. The molecule has 3 atom stereocenters. The minimum Gasteiger partial charge on any atom is -0.453 e. The molecule has 4 rings (SSSR count). The summed E-state index contributed by atoms with van der Waals surface area (Å²) in [6.07, 6.45) is 0.237. The van der Waals surface area contributed by atoms with E-state index in [0.717, 1.165) is 31.5 Å². The summed E-state index contributed by atoms with van der Waals surface area (Å²) in [6.45, 7) is 11.0. The number of methoxy groups -OCH3 is 1. The number of carbonyl (C=O) groups is 3. The molecule has 1 fully saturated rings. The van der Waals surface area contributed by atoms with Gasteiger partial charge in [-0.15, -0.1) is 0 Å². The minimum atomic E-state index is -4.16. The van der Waals surface area contributed by atoms with E-state index in [1.807, 2.05) is 65.0 Å². The molecule has 1 unspecified atom stereocenters. The van der Waals surface area contributed by atoms with Crippen molar-refractivity contribution in [1.29, 1.82) is 0 Å². The van der Waals surface area contributed by atoms with Gasteiger partial charge in [0.1, 0.15) is 6.04 Å². The second-order valence-corrected chi connectivity index (χ2v) is 16.3. The summed E-state index contributed by atoms with van der Waals surface area (Å²) in [7, 11) is -2.95. The Morgan fingerprint density at radius 3 is 2.34 bits per heavy atom. The number of sulfonamides is 1. The van der Waals surface area contributed by atoms with E-state index >= 15 is 0 Å². The average Bonchev–Trinajstić information content (AvgIpc) is 3.71. The average molecular weight is 714 g/mol. The second-order valence-electron chi connectivity index (χ2n) is 14.3. The molecule has 1 aliphatic rings. The number of fused-ring (bicyclic) bond motifs is 1. The Bertz CT molecular complexity index is 1720. The van der Waals surface area contributed by atoms with Crippen LogP contribution in [0.2, 0.25) is 0 Å². The van der Waals surface area contributed by atoms with Crippen LogP contribution in [0.1, 0.15) is 53.0 Å². The van der Waals surface area contributed by atoms with E-state index < -0.39 is 45.6 Å². The van der Waals surface area contributed by atoms with E-state index in [1.165, 1.54) is 29.6 Å². The number of hydrogen-bond acceptors (Lipinski definition) is 9. The van der Waals surface area contributed by atoms with Gasteiger partial charge in [-0.1, -0.05) is 65.0 Å². The predicted octanol–water partition coefficient (Wildman–Crippen LogP) is 3.10. The van der Waals surface area contributed by atoms with Gasteiger partial charge in [0.2, 0.25) is 27.8 Å². The molecule has 0 radical (unpaired) electrons. The Kier molecular flexibility index (Phi) is 13.0. The first-order valence-electron chi connectivity index (χ1n) is 17.0. The zero-order valence-corrected chi connectivity index (χ0v) is 30.5. The zero-order valence-electron chi connectivity index (χ0n) is 29.7. The third-order valence-electron chi connectivity index (χ3n) is 8.55. The number of hydrogen-bond donors (Lipinski definition) is 5. The highest BCUT2D eigenvalue weighted by molar-refractivity contribution is 7.89. The van der Waals surface area contributed by atoms with Crippen LogP contribution >= 0.6 is 0 Å². The summed E-state index contributed by atoms with van der Waals surface area (Å²) in [5.41, 5.74) is 0.980. The van der Waals surface area contributed by atoms with Gasteiger partial charge in [-0.25, -0.2) is 18.2 Å². The fourth-order valence-corrected chi connectivity index (χ4v) is 7.61. The lowest BCUT2D eigenvalue weighted by molar-refractivity contribution is -0.133. The van der Waals surface area contributed by atoms with Crippen LogP contribution in [0, 0.1) is 11.3 Å². The van der Waals surface area contributed by atoms with Crippen molar-refractivity contribution in [3.63, 3.8) is 0 Å². The minimum absolute atomic E-state index is 0.0386. The molecule has 0 saturated carbocycles. The largest absolute Gasteiger partial charge is 0.453 e. The predicted molar refractivity (Wildman–Crippen MR) is 191 cm³/mol. The van der Waals surface area contributed by atoms with Crippen molar-refractivity contribution in [3.8, 4) is 0 Å². The molecule has 15 heteroatoms. The molecule has 1 saturated heterocycles. The summed E-state index contributed by atoms with van der Waals surface area (Å²) in [5, 5.41) is 20.1. The molecule has 5 N–H and O–H groups in total. The third kappa shape index (κ3) is 10.5. The number of amides is 3. The van der Waals surface area contributed by atoms with Crippen molar-refractivity contribution < 1.29 is 32.6 Å². The van der Waals surface area contributed by atoms with Crippen molar-refractivity contribution in [1.82, 2.24) is 29.8 Å². The van der Waals surface area contributed by atoms with E-state index in [4.69, 9.17) is 0 Å². The topological polar surface area (TPSA) is 186 Å². The van der Waals surface area contributed by atoms with E-state index in [0.29, 0.717) is 11.0 Å². The first-order valence-corrected chi connectivity index (χ1v) is 18.4. The smallest absolute Gasteiger partial charge is 0.413 e. The Morgan fingerprint density at radius 2 is 1.72 bits per heavy atom. The maximum atomic E-state index is 14.1. The highest BCUT2D eigenvalue weighted by Gasteiger charge is 2.37. The number of nitrogens with zero attached hydrogens (tertiary/aromatic N) is 3. The van der Waals surface area contributed by atoms with Gasteiger partial charge in [0.15, 0.2) is 0 Å². The van der Waals surface area contributed by atoms with Crippen LogP contribution in [0.5, 0.6) is 0 Å². The number of benzene rings is 2. The van der Waals surface area contributed by atoms with E-state index in [2.05, 4.69) is 35.6 Å². The van der Waals surface area contributed by atoms with Crippen LogP contribution in [-0.4, -0.2) is 109 Å². The Hall–Kier alpha value is -4.05. The number of carbonyl (C=O) groups excluding carboxylic acids is 3. The van der Waals surface area contributed by atoms with Gasteiger partial charge in [0, 0.05) is 13.1 Å². The molecular formula is C35H51N7O7S. The van der Waals surface area contributed by atoms with Crippen LogP contribution in [0.3, 0.4) is 0 Å². The Balaban J connectivity index is 1.59. The van der Waals surface area contributed by atoms with Crippen LogP contribution in [-0.2, 0) is 30.8 Å². The summed E-state index contributed by atoms with van der Waals surface area (Å²) < 4.78 is 34.1. The molecule has 1 aliphatic heterocycles. The number of ether oxygens (including phenoxy) is 1. The standard InChI is InChI=1S/C35H51N7O7S/c1-23(2)20-42(50(47,48)25-14-15-26-27(19-25)38-33(37-26)40-34(46)49-6)21-29(43)28(18-24-12-8-7-9-13-24)36-32(45)31(35(3,4)5)39-30(44)22-41-16-10-11-17-41/h7-9,12-15,19,23,28-29,31,43H,10-11,16-18,20-22H2,1-6H3,(H,36,45)(H,39,44)(H2,37,38,40,46)/t28?,29-,31-/m1/s1. The first-order chi connectivity index (χ1) is 23.6. The number of aromatic amines is 1. The summed E-state index contributed by atoms with van der Waals surface area (Å²) >= 11 is 0. The SMILES string of the molecule is COC(=O)Nc1nc2ccc(S(=O)(=O)N(CC(C)C)C[C@@H](O)C(Cc3ccccc3)NC(=O)[C@@H](NC(=O)CN3CCCC3)C(C)(C)C)cc2[nH]1. The van der Waals surface area contributed by atoms with Crippen LogP contribution in [0.15, 0.2) is 53.4 Å². The maximum Gasteiger partial charge on any atom is 0.413 e. The lowest BCUT2D eigenvalue weighted by atomic mass is 9.85. The lowest BCUT2D eigenvalue weighted by Crippen LogP contribution is -2.59. The van der Waals surface area contributed by atoms with Gasteiger partial charge < -0.3 is 25.5 Å². The molecule has 0 bridgehead atoms. The molecule has 0 spiro atoms. The second kappa shape index (κ2) is 16.8. The highest BCUT2D eigenvalue weighted by atomic mass is 32.2. The lowest BCUT2D eigenvalue weighted by Gasteiger charge is -2.35. The molecule has 1 aromatic heterocycles. The number of aromatic nitrogens is 2. The zero-order chi connectivity index (χ0) is 36.6. The number of aliphatic hydroxyl groups excluding tert-OH is 1. The number of rotatable bonds is 15. The molecule has 2 heterocycles. The monoisotopic (exact) mass is 713 g/mol. The summed E-state index contributed by atoms with van der Waals surface area (Å²) in [4.78, 5) is 47.8. The summed E-state index contributed by atoms with van der Waals surface area (Å²) in [5.74, 6) is -0.719. The van der Waals surface area contributed by atoms with Crippen molar-refractivity contribution >= 4 is 44.9 Å². The number of nitrogens with one attached hydrogen (secondary N) is 4. The highest BCUT2D eigenvalue weighted by Crippen LogP contribution is 2.25. The van der Waals surface area contributed by atoms with Crippen LogP contribution < -0.4 is 16.0 Å². The van der Waals surface area contributed by atoms with Crippen molar-refractivity contribution in [2.24, 2.45) is 11.3 Å². The molecule has 2 aromatic carbocycles. The molecule has 14 nitrogen and oxygen atoms in total. The first kappa shape index (κ1) is 38.7. The molecule has 274 valence electrons. The molecule has 3 amide bonds. The van der Waals surface area contributed by atoms with Crippen molar-refractivity contribution in [2.75, 3.05) is 45.2 Å². The van der Waals surface area contributed by atoms with Gasteiger partial charge in [-0.05, 0) is 67.4 Å². The van der Waals surface area contributed by atoms with Gasteiger partial charge in [-0.3, -0.25) is 19.8 Å². The van der Waals surface area contributed by atoms with Gasteiger partial charge in [-0.2, -0.15) is 4.31 Å². The van der Waals surface area contributed by atoms with Gasteiger partial charge in [0.25, 0.3) is 0 Å². The fourth-order valence-electron chi connectivity index (χ4n) is 5.96. The van der Waals surface area contributed by atoms with Gasteiger partial charge in [0.05, 0.1) is 41.7 Å². The van der Waals surface area contributed by atoms with Crippen LogP contribution in [0.25, 0.3) is 11.0 Å². The van der Waals surface area contributed by atoms with Crippen molar-refractivity contribution in [2.45, 2.75) is 77.0 Å². The Labute approximate surface area is 294 Å². The van der Waals surface area contributed by atoms with Gasteiger partial charge >= 0.3 is 6.09 Å². The fraction of sp³-hybridized carbons (Fsp3) is 0.543. The third-order valence-corrected chi connectivity index (χ3v) is 10.4. The van der Waals surface area contributed by atoms with Crippen LogP contribution in [0.4, 0.5) is 10.7 Å². The molecule has 3 aromatic rings. The quantitative estimate of drug-likeness (QED) is 0.158. The number of imidazole rings is 1. The van der Waals surface area contributed by atoms with E-state index in [1.54, 1.807) is 0 Å². The maximum absolute atomic E-state index is 14.1. The number of likely N-dealkylation sites (tertiary alicyclic amines) is 1. The number of aliphatic hydroxyl groups is 1. The number of anilines is 1.